The molecule has 2 atom stereocenters. The fraction of sp³-hybridized carbons (Fsp3) is 0.762. The summed E-state index contributed by atoms with van der Waals surface area (Å²) in [6, 6.07) is 4.98. The van der Waals surface area contributed by atoms with E-state index in [1.807, 2.05) is 23.9 Å². The molecule has 0 aromatic carbocycles. The summed E-state index contributed by atoms with van der Waals surface area (Å²) in [7, 11) is 0. The van der Waals surface area contributed by atoms with Gasteiger partial charge in [0.05, 0.1) is 11.9 Å². The summed E-state index contributed by atoms with van der Waals surface area (Å²) in [6.45, 7) is 1.61. The predicted molar refractivity (Wildman–Crippen MR) is 127 cm³/mol. The number of aliphatic imine (C=N–C) groups is 1. The van der Waals surface area contributed by atoms with Crippen molar-refractivity contribution in [1.82, 2.24) is 10.6 Å². The average Bonchev–Trinajstić information content (AvgIpc) is 3.35. The molecule has 2 N–H and O–H groups in total. The van der Waals surface area contributed by atoms with Crippen LogP contribution in [0.15, 0.2) is 27.8 Å². The SMILES string of the molecule is I.c1coc(CCN=C(NC2CCCCC2)NC2CCOC3(CCSC3)C2)c1. The number of hydrogen-bond acceptors (Lipinski definition) is 4. The zero-order chi connectivity index (χ0) is 18.4. The Morgan fingerprint density at radius 1 is 1.18 bits per heavy atom. The third-order valence-corrected chi connectivity index (χ3v) is 7.28. The first-order valence-electron chi connectivity index (χ1n) is 10.6. The lowest BCUT2D eigenvalue weighted by Gasteiger charge is -2.39. The molecule has 158 valence electrons. The van der Waals surface area contributed by atoms with Gasteiger partial charge in [0.2, 0.25) is 0 Å². The van der Waals surface area contributed by atoms with Crippen molar-refractivity contribution in [3.8, 4) is 0 Å². The fourth-order valence-electron chi connectivity index (χ4n) is 4.51. The number of rotatable bonds is 5. The van der Waals surface area contributed by atoms with Crippen LogP contribution in [0.4, 0.5) is 0 Å². The van der Waals surface area contributed by atoms with Gasteiger partial charge in [-0.1, -0.05) is 19.3 Å². The average molecular weight is 519 g/mol. The minimum Gasteiger partial charge on any atom is -0.469 e. The van der Waals surface area contributed by atoms with Gasteiger partial charge in [-0.25, -0.2) is 0 Å². The number of thioether (sulfide) groups is 1. The Bertz CT molecular complexity index is 599. The van der Waals surface area contributed by atoms with Crippen LogP contribution in [0.25, 0.3) is 0 Å². The van der Waals surface area contributed by atoms with Crippen molar-refractivity contribution >= 4 is 41.7 Å². The van der Waals surface area contributed by atoms with Crippen LogP contribution >= 0.6 is 35.7 Å². The van der Waals surface area contributed by atoms with Crippen LogP contribution in [0.5, 0.6) is 0 Å². The van der Waals surface area contributed by atoms with Crippen LogP contribution in [0.2, 0.25) is 0 Å². The summed E-state index contributed by atoms with van der Waals surface area (Å²) in [4.78, 5) is 4.89. The van der Waals surface area contributed by atoms with Gasteiger partial charge in [-0.2, -0.15) is 11.8 Å². The van der Waals surface area contributed by atoms with Crippen LogP contribution in [-0.2, 0) is 11.2 Å². The van der Waals surface area contributed by atoms with Crippen molar-refractivity contribution in [2.75, 3.05) is 24.7 Å². The highest BCUT2D eigenvalue weighted by Gasteiger charge is 2.40. The van der Waals surface area contributed by atoms with E-state index in [0.29, 0.717) is 12.1 Å². The lowest BCUT2D eigenvalue weighted by atomic mass is 9.90. The molecule has 2 saturated heterocycles. The lowest BCUT2D eigenvalue weighted by Crippen LogP contribution is -2.53. The van der Waals surface area contributed by atoms with Crippen LogP contribution in [0.3, 0.4) is 0 Å². The first-order valence-corrected chi connectivity index (χ1v) is 11.8. The standard InChI is InChI=1S/C21H33N3O2S.HI/c1-2-5-17(6-3-1)23-20(22-11-8-19-7-4-12-25-19)24-18-9-13-26-21(15-18)10-14-27-16-21;/h4,7,12,17-18H,1-3,5-6,8-11,13-16H2,(H2,22,23,24);1H. The highest BCUT2D eigenvalue weighted by molar-refractivity contribution is 14.0. The van der Waals surface area contributed by atoms with E-state index >= 15 is 0 Å². The molecule has 0 amide bonds. The van der Waals surface area contributed by atoms with Crippen molar-refractivity contribution in [2.45, 2.75) is 75.5 Å². The van der Waals surface area contributed by atoms with Crippen molar-refractivity contribution in [3.63, 3.8) is 0 Å². The Hall–Kier alpha value is -0.410. The summed E-state index contributed by atoms with van der Waals surface area (Å²) in [5.74, 6) is 4.37. The first-order chi connectivity index (χ1) is 13.3. The largest absolute Gasteiger partial charge is 0.469 e. The van der Waals surface area contributed by atoms with Gasteiger partial charge in [-0.3, -0.25) is 4.99 Å². The molecule has 1 aromatic heterocycles. The number of hydrogen-bond donors (Lipinski definition) is 2. The van der Waals surface area contributed by atoms with Gasteiger partial charge in [-0.15, -0.1) is 24.0 Å². The number of guanidine groups is 1. The molecule has 2 unspecified atom stereocenters. The zero-order valence-corrected chi connectivity index (χ0v) is 19.8. The summed E-state index contributed by atoms with van der Waals surface area (Å²) in [6.07, 6.45) is 12.5. The van der Waals surface area contributed by atoms with Gasteiger partial charge >= 0.3 is 0 Å². The van der Waals surface area contributed by atoms with E-state index in [1.165, 1.54) is 44.3 Å². The molecule has 1 aliphatic carbocycles. The van der Waals surface area contributed by atoms with Crippen LogP contribution in [0.1, 0.15) is 57.1 Å². The molecular formula is C21H34IN3O2S. The lowest BCUT2D eigenvalue weighted by molar-refractivity contribution is -0.0679. The molecule has 2 aliphatic heterocycles. The minimum atomic E-state index is 0. The maximum Gasteiger partial charge on any atom is 0.191 e. The number of nitrogens with zero attached hydrogens (tertiary/aromatic N) is 1. The highest BCUT2D eigenvalue weighted by atomic mass is 127. The van der Waals surface area contributed by atoms with E-state index < -0.39 is 0 Å². The third-order valence-electron chi connectivity index (χ3n) is 6.06. The van der Waals surface area contributed by atoms with Crippen molar-refractivity contribution in [1.29, 1.82) is 0 Å². The van der Waals surface area contributed by atoms with Crippen LogP contribution < -0.4 is 10.6 Å². The first kappa shape index (κ1) is 22.3. The van der Waals surface area contributed by atoms with Crippen LogP contribution in [0, 0.1) is 0 Å². The monoisotopic (exact) mass is 519 g/mol. The summed E-state index contributed by atoms with van der Waals surface area (Å²) >= 11 is 2.03. The summed E-state index contributed by atoms with van der Waals surface area (Å²) in [5, 5.41) is 7.48. The van der Waals surface area contributed by atoms with Gasteiger partial charge in [0.25, 0.3) is 0 Å². The normalized spacial score (nSPS) is 28.9. The molecular weight excluding hydrogens is 485 g/mol. The van der Waals surface area contributed by atoms with Gasteiger partial charge in [0.1, 0.15) is 5.76 Å². The Labute approximate surface area is 190 Å². The predicted octanol–water partition coefficient (Wildman–Crippen LogP) is 4.36. The molecule has 7 heteroatoms. The summed E-state index contributed by atoms with van der Waals surface area (Å²) in [5.41, 5.74) is 0.102. The minimum absolute atomic E-state index is 0. The molecule has 1 aromatic rings. The molecule has 28 heavy (non-hydrogen) atoms. The quantitative estimate of drug-likeness (QED) is 0.344. The third kappa shape index (κ3) is 6.29. The van der Waals surface area contributed by atoms with E-state index in [0.717, 1.165) is 49.9 Å². The van der Waals surface area contributed by atoms with Gasteiger partial charge < -0.3 is 19.8 Å². The van der Waals surface area contributed by atoms with Crippen molar-refractivity contribution < 1.29 is 9.15 Å². The second-order valence-corrected chi connectivity index (χ2v) is 9.31. The molecule has 3 heterocycles. The summed E-state index contributed by atoms with van der Waals surface area (Å²) < 4.78 is 11.6. The number of halogens is 1. The molecule has 4 rings (SSSR count). The maximum absolute atomic E-state index is 6.18. The Morgan fingerprint density at radius 3 is 2.79 bits per heavy atom. The fourth-order valence-corrected chi connectivity index (χ4v) is 5.89. The maximum atomic E-state index is 6.18. The van der Waals surface area contributed by atoms with Gasteiger partial charge in [-0.05, 0) is 50.0 Å². The van der Waals surface area contributed by atoms with E-state index in [9.17, 15) is 0 Å². The van der Waals surface area contributed by atoms with E-state index in [4.69, 9.17) is 14.1 Å². The zero-order valence-electron chi connectivity index (χ0n) is 16.7. The van der Waals surface area contributed by atoms with E-state index in [1.54, 1.807) is 6.26 Å². The number of nitrogens with one attached hydrogen (secondary N) is 2. The number of furan rings is 1. The Morgan fingerprint density at radius 2 is 2.04 bits per heavy atom. The van der Waals surface area contributed by atoms with Crippen molar-refractivity contribution in [3.05, 3.63) is 24.2 Å². The molecule has 0 bridgehead atoms. The Kier molecular flexibility index (Phi) is 8.84. The molecule has 0 radical (unpaired) electrons. The van der Waals surface area contributed by atoms with Gasteiger partial charge in [0.15, 0.2) is 5.96 Å². The second-order valence-electron chi connectivity index (χ2n) is 8.21. The van der Waals surface area contributed by atoms with E-state index in [2.05, 4.69) is 10.6 Å². The second kappa shape index (κ2) is 11.1. The molecule has 5 nitrogen and oxygen atoms in total. The van der Waals surface area contributed by atoms with Crippen LogP contribution in [-0.4, -0.2) is 48.3 Å². The molecule has 3 fully saturated rings. The highest BCUT2D eigenvalue weighted by Crippen LogP contribution is 2.38. The topological polar surface area (TPSA) is 58.8 Å². The van der Waals surface area contributed by atoms with Gasteiger partial charge in [0, 0.05) is 37.4 Å². The number of ether oxygens (including phenoxy) is 1. The van der Waals surface area contributed by atoms with Crippen molar-refractivity contribution in [2.24, 2.45) is 4.99 Å². The molecule has 1 saturated carbocycles. The Balaban J connectivity index is 0.00000225. The smallest absolute Gasteiger partial charge is 0.191 e. The van der Waals surface area contributed by atoms with E-state index in [-0.39, 0.29) is 29.6 Å². The molecule has 3 aliphatic rings. The molecule has 1 spiro atoms.